The number of aromatic nitrogens is 2. The Morgan fingerprint density at radius 2 is 1.93 bits per heavy atom. The number of hydrogen-bond donors (Lipinski definition) is 0. The Bertz CT molecular complexity index is 958. The first-order valence-electron chi connectivity index (χ1n) is 9.77. The van der Waals surface area contributed by atoms with Gasteiger partial charge in [0.1, 0.15) is 11.9 Å². The number of likely N-dealkylation sites (tertiary alicyclic amines) is 1. The van der Waals surface area contributed by atoms with Crippen LogP contribution >= 0.6 is 11.3 Å². The van der Waals surface area contributed by atoms with E-state index in [4.69, 9.17) is 14.0 Å². The molecular weight excluding hydrogens is 390 g/mol. The topological polar surface area (TPSA) is 77.7 Å². The van der Waals surface area contributed by atoms with Crippen LogP contribution in [0.25, 0.3) is 11.4 Å². The van der Waals surface area contributed by atoms with E-state index in [1.165, 1.54) is 11.3 Å². The van der Waals surface area contributed by atoms with Gasteiger partial charge in [-0.3, -0.25) is 4.79 Å². The third-order valence-corrected chi connectivity index (χ3v) is 6.15. The van der Waals surface area contributed by atoms with Gasteiger partial charge in [0.05, 0.1) is 18.0 Å². The molecule has 150 valence electrons. The average Bonchev–Trinajstić information content (AvgIpc) is 3.43. The van der Waals surface area contributed by atoms with Crippen molar-refractivity contribution in [2.45, 2.75) is 24.9 Å². The molecule has 0 spiro atoms. The zero-order valence-corrected chi connectivity index (χ0v) is 16.6. The maximum atomic E-state index is 12.3. The van der Waals surface area contributed by atoms with E-state index in [0.29, 0.717) is 24.8 Å². The number of rotatable bonds is 5. The molecule has 8 heteroatoms. The van der Waals surface area contributed by atoms with Gasteiger partial charge in [-0.15, -0.1) is 11.3 Å². The molecule has 2 fully saturated rings. The molecule has 0 unspecified atom stereocenters. The van der Waals surface area contributed by atoms with Crippen molar-refractivity contribution in [1.82, 2.24) is 15.0 Å². The van der Waals surface area contributed by atoms with Crippen LogP contribution in [0.2, 0.25) is 0 Å². The zero-order chi connectivity index (χ0) is 19.6. The number of carbonyl (C=O) groups is 1. The van der Waals surface area contributed by atoms with Crippen LogP contribution in [-0.4, -0.2) is 53.4 Å². The molecule has 0 N–H and O–H groups in total. The van der Waals surface area contributed by atoms with E-state index in [1.54, 1.807) is 0 Å². The molecule has 2 aliphatic heterocycles. The van der Waals surface area contributed by atoms with Crippen molar-refractivity contribution >= 4 is 17.2 Å². The number of amides is 1. The summed E-state index contributed by atoms with van der Waals surface area (Å²) in [6.45, 7) is 2.70. The Labute approximate surface area is 172 Å². The van der Waals surface area contributed by atoms with Gasteiger partial charge in [-0.25, -0.2) is 0 Å². The van der Waals surface area contributed by atoms with Crippen LogP contribution in [0, 0.1) is 0 Å². The molecule has 2 aliphatic rings. The molecule has 29 heavy (non-hydrogen) atoms. The lowest BCUT2D eigenvalue weighted by molar-refractivity contribution is 0.0182. The van der Waals surface area contributed by atoms with Crippen molar-refractivity contribution in [3.05, 3.63) is 52.5 Å². The molecule has 0 bridgehead atoms. The minimum atomic E-state index is 0.0232. The molecular formula is C21H21N3O4S. The number of thiophene rings is 1. The molecule has 0 aliphatic carbocycles. The van der Waals surface area contributed by atoms with Gasteiger partial charge in [0.15, 0.2) is 0 Å². The SMILES string of the molecule is O=C(c1cccs1)N1CC(Oc2ccc(-c3noc(C4CCOCC4)n3)cc2)C1. The Morgan fingerprint density at radius 3 is 2.66 bits per heavy atom. The highest BCUT2D eigenvalue weighted by atomic mass is 32.1. The van der Waals surface area contributed by atoms with Gasteiger partial charge >= 0.3 is 0 Å². The number of ether oxygens (including phenoxy) is 2. The largest absolute Gasteiger partial charge is 0.487 e. The van der Waals surface area contributed by atoms with Gasteiger partial charge in [-0.1, -0.05) is 11.2 Å². The van der Waals surface area contributed by atoms with Gasteiger partial charge in [0.25, 0.3) is 5.91 Å². The van der Waals surface area contributed by atoms with Gasteiger partial charge in [0.2, 0.25) is 11.7 Å². The summed E-state index contributed by atoms with van der Waals surface area (Å²) in [7, 11) is 0. The molecule has 0 atom stereocenters. The van der Waals surface area contributed by atoms with E-state index in [2.05, 4.69) is 10.1 Å². The van der Waals surface area contributed by atoms with Crippen LogP contribution < -0.4 is 4.74 Å². The maximum Gasteiger partial charge on any atom is 0.264 e. The molecule has 3 aromatic rings. The molecule has 1 aromatic carbocycles. The third kappa shape index (κ3) is 3.90. The van der Waals surface area contributed by atoms with Crippen LogP contribution in [0.5, 0.6) is 5.75 Å². The number of nitrogens with zero attached hydrogens (tertiary/aromatic N) is 3. The van der Waals surface area contributed by atoms with Gasteiger partial charge < -0.3 is 18.9 Å². The monoisotopic (exact) mass is 411 g/mol. The standard InChI is InChI=1S/C21H21N3O4S/c25-21(18-2-1-11-29-18)24-12-17(13-24)27-16-5-3-14(4-6-16)19-22-20(28-23-19)15-7-9-26-10-8-15/h1-6,11,15,17H,7-10,12-13H2. The highest BCUT2D eigenvalue weighted by Gasteiger charge is 2.33. The summed E-state index contributed by atoms with van der Waals surface area (Å²) < 4.78 is 16.8. The van der Waals surface area contributed by atoms with Gasteiger partial charge in [-0.2, -0.15) is 4.98 Å². The molecule has 2 saturated heterocycles. The van der Waals surface area contributed by atoms with Crippen LogP contribution in [0.1, 0.15) is 34.3 Å². The molecule has 7 nitrogen and oxygen atoms in total. The Balaban J connectivity index is 1.16. The number of benzene rings is 1. The zero-order valence-electron chi connectivity index (χ0n) is 15.8. The van der Waals surface area contributed by atoms with E-state index in [-0.39, 0.29) is 17.9 Å². The van der Waals surface area contributed by atoms with Gasteiger partial charge in [0, 0.05) is 24.7 Å². The van der Waals surface area contributed by atoms with Crippen LogP contribution in [-0.2, 0) is 4.74 Å². The summed E-state index contributed by atoms with van der Waals surface area (Å²) in [5.41, 5.74) is 0.891. The van der Waals surface area contributed by atoms with Crippen LogP contribution in [0.3, 0.4) is 0 Å². The highest BCUT2D eigenvalue weighted by Crippen LogP contribution is 2.28. The lowest BCUT2D eigenvalue weighted by atomic mass is 10.0. The molecule has 0 saturated carbocycles. The number of carbonyl (C=O) groups excluding carboxylic acids is 1. The van der Waals surface area contributed by atoms with Gasteiger partial charge in [-0.05, 0) is 48.6 Å². The first kappa shape index (κ1) is 18.3. The summed E-state index contributed by atoms with van der Waals surface area (Å²) in [6.07, 6.45) is 1.86. The van der Waals surface area contributed by atoms with E-state index in [9.17, 15) is 4.79 Å². The Hall–Kier alpha value is -2.71. The molecule has 4 heterocycles. The Kier molecular flexibility index (Phi) is 5.03. The smallest absolute Gasteiger partial charge is 0.264 e. The lowest BCUT2D eigenvalue weighted by Crippen LogP contribution is -2.56. The maximum absolute atomic E-state index is 12.3. The van der Waals surface area contributed by atoms with E-state index >= 15 is 0 Å². The van der Waals surface area contributed by atoms with E-state index in [0.717, 1.165) is 42.2 Å². The summed E-state index contributed by atoms with van der Waals surface area (Å²) in [6, 6.07) is 11.4. The van der Waals surface area contributed by atoms with E-state index in [1.807, 2.05) is 46.7 Å². The van der Waals surface area contributed by atoms with Crippen molar-refractivity contribution in [3.63, 3.8) is 0 Å². The molecule has 2 aromatic heterocycles. The fourth-order valence-corrected chi connectivity index (χ4v) is 4.26. The minimum Gasteiger partial charge on any atom is -0.487 e. The first-order valence-corrected chi connectivity index (χ1v) is 10.7. The second-order valence-electron chi connectivity index (χ2n) is 7.29. The predicted octanol–water partition coefficient (Wildman–Crippen LogP) is 3.60. The van der Waals surface area contributed by atoms with Crippen molar-refractivity contribution in [1.29, 1.82) is 0 Å². The second-order valence-corrected chi connectivity index (χ2v) is 8.24. The van der Waals surface area contributed by atoms with Crippen LogP contribution in [0.15, 0.2) is 46.3 Å². The summed E-state index contributed by atoms with van der Waals surface area (Å²) in [4.78, 5) is 19.4. The molecule has 0 radical (unpaired) electrons. The molecule has 5 rings (SSSR count). The first-order chi connectivity index (χ1) is 14.3. The summed E-state index contributed by atoms with van der Waals surface area (Å²) >= 11 is 1.47. The lowest BCUT2D eigenvalue weighted by Gasteiger charge is -2.38. The fourth-order valence-electron chi connectivity index (χ4n) is 3.57. The van der Waals surface area contributed by atoms with Crippen molar-refractivity contribution in [3.8, 4) is 17.1 Å². The second kappa shape index (κ2) is 7.96. The summed E-state index contributed by atoms with van der Waals surface area (Å²) in [5.74, 6) is 2.41. The van der Waals surface area contributed by atoms with Crippen molar-refractivity contribution in [2.75, 3.05) is 26.3 Å². The molecule has 1 amide bonds. The summed E-state index contributed by atoms with van der Waals surface area (Å²) in [5, 5.41) is 6.04. The normalized spacial score (nSPS) is 17.9. The quantitative estimate of drug-likeness (QED) is 0.638. The number of hydrogen-bond acceptors (Lipinski definition) is 7. The third-order valence-electron chi connectivity index (χ3n) is 5.29. The van der Waals surface area contributed by atoms with Crippen LogP contribution in [0.4, 0.5) is 0 Å². The minimum absolute atomic E-state index is 0.0232. The average molecular weight is 411 g/mol. The van der Waals surface area contributed by atoms with E-state index < -0.39 is 0 Å². The Morgan fingerprint density at radius 1 is 1.14 bits per heavy atom. The highest BCUT2D eigenvalue weighted by molar-refractivity contribution is 7.12. The fraction of sp³-hybridized carbons (Fsp3) is 0.381. The van der Waals surface area contributed by atoms with Crippen molar-refractivity contribution < 1.29 is 18.8 Å². The predicted molar refractivity (Wildman–Crippen MR) is 107 cm³/mol. The van der Waals surface area contributed by atoms with Crippen molar-refractivity contribution in [2.24, 2.45) is 0 Å².